The molecular weight excluding hydrogens is 338 g/mol. The van der Waals surface area contributed by atoms with Gasteiger partial charge in [-0.2, -0.15) is 0 Å². The molecule has 2 aliphatic heterocycles. The maximum absolute atomic E-state index is 5.23. The molecule has 2 aromatic rings. The SMILES string of the molecule is C(OCC1CO1)C1CO1.CCC(C)NC(c1ccccc1)c1ccccc1. The molecule has 2 fully saturated rings. The van der Waals surface area contributed by atoms with Crippen LogP contribution in [0.4, 0.5) is 0 Å². The molecule has 0 spiro atoms. The number of hydrogen-bond donors (Lipinski definition) is 1. The molecule has 0 saturated carbocycles. The van der Waals surface area contributed by atoms with E-state index in [1.807, 2.05) is 0 Å². The molecule has 2 aromatic carbocycles. The van der Waals surface area contributed by atoms with Crippen LogP contribution in [-0.2, 0) is 14.2 Å². The van der Waals surface area contributed by atoms with Crippen LogP contribution >= 0.6 is 0 Å². The number of nitrogens with one attached hydrogen (secondary N) is 1. The topological polar surface area (TPSA) is 46.3 Å². The van der Waals surface area contributed by atoms with E-state index in [1.54, 1.807) is 0 Å². The normalized spacial score (nSPS) is 21.3. The fraction of sp³-hybridized carbons (Fsp3) is 0.478. The lowest BCUT2D eigenvalue weighted by molar-refractivity contribution is 0.102. The monoisotopic (exact) mass is 369 g/mol. The number of benzene rings is 2. The summed E-state index contributed by atoms with van der Waals surface area (Å²) in [4.78, 5) is 0. The Hall–Kier alpha value is -1.72. The van der Waals surface area contributed by atoms with E-state index in [-0.39, 0.29) is 6.04 Å². The molecule has 4 rings (SSSR count). The molecule has 4 heteroatoms. The predicted octanol–water partition coefficient (Wildman–Crippen LogP) is 3.96. The highest BCUT2D eigenvalue weighted by Gasteiger charge is 2.26. The molecule has 0 amide bonds. The van der Waals surface area contributed by atoms with Crippen molar-refractivity contribution in [2.24, 2.45) is 0 Å². The fourth-order valence-electron chi connectivity index (χ4n) is 2.74. The van der Waals surface area contributed by atoms with Gasteiger partial charge in [0.25, 0.3) is 0 Å². The Morgan fingerprint density at radius 1 is 0.889 bits per heavy atom. The summed E-state index contributed by atoms with van der Waals surface area (Å²) in [5.41, 5.74) is 2.65. The Labute approximate surface area is 162 Å². The van der Waals surface area contributed by atoms with Crippen LogP contribution in [-0.4, -0.2) is 44.7 Å². The Balaban J connectivity index is 0.000000193. The van der Waals surface area contributed by atoms with Gasteiger partial charge in [0.1, 0.15) is 12.2 Å². The highest BCUT2D eigenvalue weighted by molar-refractivity contribution is 5.31. The maximum Gasteiger partial charge on any atom is 0.104 e. The molecule has 0 radical (unpaired) electrons. The number of hydrogen-bond acceptors (Lipinski definition) is 4. The first-order chi connectivity index (χ1) is 13.3. The summed E-state index contributed by atoms with van der Waals surface area (Å²) in [5, 5.41) is 3.70. The summed E-state index contributed by atoms with van der Waals surface area (Å²) in [6.45, 7) is 7.71. The first-order valence-corrected chi connectivity index (χ1v) is 9.93. The first kappa shape index (κ1) is 20.0. The van der Waals surface area contributed by atoms with Gasteiger partial charge in [0.05, 0.1) is 32.5 Å². The van der Waals surface area contributed by atoms with Crippen molar-refractivity contribution < 1.29 is 14.2 Å². The number of epoxide rings is 2. The van der Waals surface area contributed by atoms with E-state index < -0.39 is 0 Å². The lowest BCUT2D eigenvalue weighted by Crippen LogP contribution is -2.30. The minimum Gasteiger partial charge on any atom is -0.376 e. The zero-order valence-corrected chi connectivity index (χ0v) is 16.3. The Morgan fingerprint density at radius 2 is 1.33 bits per heavy atom. The molecule has 4 nitrogen and oxygen atoms in total. The van der Waals surface area contributed by atoms with Gasteiger partial charge in [0.15, 0.2) is 0 Å². The first-order valence-electron chi connectivity index (χ1n) is 9.93. The van der Waals surface area contributed by atoms with Gasteiger partial charge < -0.3 is 19.5 Å². The molecule has 0 aliphatic carbocycles. The van der Waals surface area contributed by atoms with Crippen LogP contribution in [0.1, 0.15) is 37.4 Å². The standard InChI is InChI=1S/C17H21N.C6H10O3/c1-3-14(2)18-17(15-10-6-4-7-11-15)16-12-8-5-9-13-16;1(5-3-8-5)7-2-6-4-9-6/h4-14,17-18H,3H2,1-2H3;5-6H,1-4H2. The van der Waals surface area contributed by atoms with Gasteiger partial charge in [-0.3, -0.25) is 0 Å². The Bertz CT molecular complexity index is 590. The van der Waals surface area contributed by atoms with E-state index in [0.717, 1.165) is 32.8 Å². The summed E-state index contributed by atoms with van der Waals surface area (Å²) >= 11 is 0. The molecule has 1 N–H and O–H groups in total. The number of rotatable bonds is 9. The van der Waals surface area contributed by atoms with Crippen molar-refractivity contribution in [2.45, 2.75) is 44.6 Å². The van der Waals surface area contributed by atoms with Gasteiger partial charge in [-0.1, -0.05) is 67.6 Å². The highest BCUT2D eigenvalue weighted by atomic mass is 16.6. The average Bonchev–Trinajstić information content (AvgIpc) is 3.64. The third-order valence-corrected chi connectivity index (χ3v) is 4.74. The zero-order chi connectivity index (χ0) is 18.9. The maximum atomic E-state index is 5.23. The molecule has 2 aliphatic rings. The van der Waals surface area contributed by atoms with E-state index in [0.29, 0.717) is 18.2 Å². The van der Waals surface area contributed by atoms with Gasteiger partial charge in [0.2, 0.25) is 0 Å². The van der Waals surface area contributed by atoms with Gasteiger partial charge >= 0.3 is 0 Å². The van der Waals surface area contributed by atoms with Crippen molar-refractivity contribution in [1.82, 2.24) is 5.32 Å². The molecule has 146 valence electrons. The summed E-state index contributed by atoms with van der Waals surface area (Å²) in [5.74, 6) is 0. The van der Waals surface area contributed by atoms with Gasteiger partial charge in [0, 0.05) is 6.04 Å². The van der Waals surface area contributed by atoms with Crippen molar-refractivity contribution in [3.63, 3.8) is 0 Å². The van der Waals surface area contributed by atoms with Gasteiger partial charge in [-0.05, 0) is 24.5 Å². The van der Waals surface area contributed by atoms with E-state index in [4.69, 9.17) is 14.2 Å². The molecule has 0 aromatic heterocycles. The van der Waals surface area contributed by atoms with Crippen LogP contribution in [0.15, 0.2) is 60.7 Å². The second kappa shape index (κ2) is 10.6. The van der Waals surface area contributed by atoms with Crippen molar-refractivity contribution in [3.8, 4) is 0 Å². The van der Waals surface area contributed by atoms with Crippen LogP contribution in [0.5, 0.6) is 0 Å². The van der Waals surface area contributed by atoms with Crippen LogP contribution < -0.4 is 5.32 Å². The minimum atomic E-state index is 0.280. The van der Waals surface area contributed by atoms with E-state index in [2.05, 4.69) is 79.8 Å². The van der Waals surface area contributed by atoms with E-state index in [1.165, 1.54) is 11.1 Å². The third kappa shape index (κ3) is 7.43. The van der Waals surface area contributed by atoms with Crippen molar-refractivity contribution in [1.29, 1.82) is 0 Å². The second-order valence-corrected chi connectivity index (χ2v) is 7.18. The molecule has 3 unspecified atom stereocenters. The lowest BCUT2D eigenvalue weighted by atomic mass is 9.98. The summed E-state index contributed by atoms with van der Waals surface area (Å²) in [6.07, 6.45) is 1.92. The fourth-order valence-corrected chi connectivity index (χ4v) is 2.74. The molecule has 3 atom stereocenters. The summed E-state index contributed by atoms with van der Waals surface area (Å²) in [6, 6.07) is 22.1. The minimum absolute atomic E-state index is 0.280. The molecule has 27 heavy (non-hydrogen) atoms. The van der Waals surface area contributed by atoms with Crippen LogP contribution in [0.2, 0.25) is 0 Å². The average molecular weight is 370 g/mol. The molecule has 2 heterocycles. The Morgan fingerprint density at radius 3 is 1.70 bits per heavy atom. The van der Waals surface area contributed by atoms with Crippen molar-refractivity contribution in [3.05, 3.63) is 71.8 Å². The van der Waals surface area contributed by atoms with E-state index >= 15 is 0 Å². The number of ether oxygens (including phenoxy) is 3. The van der Waals surface area contributed by atoms with Crippen molar-refractivity contribution >= 4 is 0 Å². The predicted molar refractivity (Wildman–Crippen MR) is 108 cm³/mol. The molecule has 2 saturated heterocycles. The quantitative estimate of drug-likeness (QED) is 0.680. The van der Waals surface area contributed by atoms with Gasteiger partial charge in [-0.25, -0.2) is 0 Å². The second-order valence-electron chi connectivity index (χ2n) is 7.18. The van der Waals surface area contributed by atoms with Crippen LogP contribution in [0.25, 0.3) is 0 Å². The van der Waals surface area contributed by atoms with Crippen LogP contribution in [0, 0.1) is 0 Å². The largest absolute Gasteiger partial charge is 0.376 e. The lowest BCUT2D eigenvalue weighted by Gasteiger charge is -2.23. The van der Waals surface area contributed by atoms with Gasteiger partial charge in [-0.15, -0.1) is 0 Å². The molecular formula is C23H31NO3. The smallest absolute Gasteiger partial charge is 0.104 e. The molecule has 0 bridgehead atoms. The Kier molecular flexibility index (Phi) is 7.84. The third-order valence-electron chi connectivity index (χ3n) is 4.74. The van der Waals surface area contributed by atoms with Crippen molar-refractivity contribution in [2.75, 3.05) is 26.4 Å². The van der Waals surface area contributed by atoms with E-state index in [9.17, 15) is 0 Å². The summed E-state index contributed by atoms with van der Waals surface area (Å²) in [7, 11) is 0. The zero-order valence-electron chi connectivity index (χ0n) is 16.3. The highest BCUT2D eigenvalue weighted by Crippen LogP contribution is 2.22. The van der Waals surface area contributed by atoms with Crippen LogP contribution in [0.3, 0.4) is 0 Å². The summed E-state index contributed by atoms with van der Waals surface area (Å²) < 4.78 is 15.1.